The normalized spacial score (nSPS) is 11.2. The van der Waals surface area contributed by atoms with Gasteiger partial charge in [0.25, 0.3) is 0 Å². The molecule has 7 heteroatoms. The fraction of sp³-hybridized carbons (Fsp3) is 0.111. The zero-order valence-corrected chi connectivity index (χ0v) is 14.2. The molecule has 2 aromatic carbocycles. The third-order valence-corrected chi connectivity index (χ3v) is 3.86. The second-order valence-electron chi connectivity index (χ2n) is 5.36. The summed E-state index contributed by atoms with van der Waals surface area (Å²) in [6.45, 7) is 1.85. The molecule has 0 aliphatic rings. The van der Waals surface area contributed by atoms with Crippen LogP contribution < -0.4 is 10.5 Å². The summed E-state index contributed by atoms with van der Waals surface area (Å²) in [6.07, 6.45) is 3.32. The first-order valence-corrected chi connectivity index (χ1v) is 7.93. The van der Waals surface area contributed by atoms with Crippen molar-refractivity contribution in [2.45, 2.75) is 13.5 Å². The molecule has 25 heavy (non-hydrogen) atoms. The van der Waals surface area contributed by atoms with E-state index in [1.54, 1.807) is 30.6 Å². The van der Waals surface area contributed by atoms with E-state index in [4.69, 9.17) is 22.1 Å². The number of benzene rings is 2. The predicted octanol–water partition coefficient (Wildman–Crippen LogP) is 4.03. The third-order valence-electron chi connectivity index (χ3n) is 3.51. The molecule has 0 saturated heterocycles. The molecule has 0 amide bonds. The van der Waals surface area contributed by atoms with E-state index in [1.165, 1.54) is 10.7 Å². The molecule has 2 N–H and O–H groups in total. The van der Waals surface area contributed by atoms with E-state index in [-0.39, 0.29) is 6.61 Å². The highest BCUT2D eigenvalue weighted by molar-refractivity contribution is 6.31. The van der Waals surface area contributed by atoms with Crippen molar-refractivity contribution in [3.8, 4) is 5.75 Å². The molecule has 0 atom stereocenters. The number of aryl methyl sites for hydroxylation is 1. The van der Waals surface area contributed by atoms with Gasteiger partial charge in [-0.1, -0.05) is 29.8 Å². The summed E-state index contributed by atoms with van der Waals surface area (Å²) < 4.78 is 21.1. The van der Waals surface area contributed by atoms with E-state index in [0.29, 0.717) is 22.3 Å². The van der Waals surface area contributed by atoms with Gasteiger partial charge in [0, 0.05) is 11.1 Å². The molecule has 0 spiro atoms. The van der Waals surface area contributed by atoms with Crippen molar-refractivity contribution < 1.29 is 9.13 Å². The number of hydrogen-bond donors (Lipinski definition) is 1. The molecule has 0 radical (unpaired) electrons. The van der Waals surface area contributed by atoms with Gasteiger partial charge in [-0.3, -0.25) is 0 Å². The van der Waals surface area contributed by atoms with Crippen LogP contribution in [-0.4, -0.2) is 15.9 Å². The van der Waals surface area contributed by atoms with Gasteiger partial charge in [0.1, 0.15) is 18.2 Å². The Labute approximate surface area is 149 Å². The summed E-state index contributed by atoms with van der Waals surface area (Å²) in [5, 5.41) is 4.60. The van der Waals surface area contributed by atoms with Gasteiger partial charge in [-0.15, -0.1) is 0 Å². The van der Waals surface area contributed by atoms with Crippen LogP contribution in [0.25, 0.3) is 0 Å². The van der Waals surface area contributed by atoms with Gasteiger partial charge in [0.2, 0.25) is 5.95 Å². The van der Waals surface area contributed by atoms with Crippen molar-refractivity contribution >= 4 is 23.8 Å². The van der Waals surface area contributed by atoms with E-state index < -0.39 is 5.82 Å². The first kappa shape index (κ1) is 17.0. The molecular weight excluding hydrogens is 343 g/mol. The summed E-state index contributed by atoms with van der Waals surface area (Å²) in [7, 11) is 0. The van der Waals surface area contributed by atoms with Gasteiger partial charge in [0.15, 0.2) is 0 Å². The molecule has 1 heterocycles. The molecule has 5 nitrogen and oxygen atoms in total. The number of nitrogens with zero attached hydrogens (tertiary/aromatic N) is 3. The van der Waals surface area contributed by atoms with E-state index in [1.807, 2.05) is 25.1 Å². The Kier molecular flexibility index (Phi) is 5.00. The SMILES string of the molecule is Cc1cn(N=Cc2ccccc2OCc2c(F)cccc2Cl)c(N)n1. The number of rotatable bonds is 5. The molecule has 0 fully saturated rings. The quantitative estimate of drug-likeness (QED) is 0.700. The lowest BCUT2D eigenvalue weighted by Crippen LogP contribution is -2.02. The third kappa shape index (κ3) is 3.97. The van der Waals surface area contributed by atoms with Gasteiger partial charge >= 0.3 is 0 Å². The van der Waals surface area contributed by atoms with Crippen LogP contribution in [0.1, 0.15) is 16.8 Å². The Morgan fingerprint density at radius 1 is 1.28 bits per heavy atom. The average molecular weight is 359 g/mol. The lowest BCUT2D eigenvalue weighted by Gasteiger charge is -2.10. The maximum absolute atomic E-state index is 13.9. The number of para-hydroxylation sites is 1. The Hall–Kier alpha value is -2.86. The molecule has 3 rings (SSSR count). The van der Waals surface area contributed by atoms with Gasteiger partial charge in [-0.05, 0) is 31.2 Å². The van der Waals surface area contributed by atoms with Crippen molar-refractivity contribution in [3.63, 3.8) is 0 Å². The fourth-order valence-corrected chi connectivity index (χ4v) is 2.48. The first-order valence-electron chi connectivity index (χ1n) is 7.55. The Morgan fingerprint density at radius 3 is 2.80 bits per heavy atom. The van der Waals surface area contributed by atoms with Crippen molar-refractivity contribution in [2.24, 2.45) is 5.10 Å². The van der Waals surface area contributed by atoms with Crippen LogP contribution in [0, 0.1) is 12.7 Å². The lowest BCUT2D eigenvalue weighted by molar-refractivity contribution is 0.299. The van der Waals surface area contributed by atoms with Crippen molar-refractivity contribution in [1.82, 2.24) is 9.66 Å². The fourth-order valence-electron chi connectivity index (χ4n) is 2.26. The molecule has 0 saturated carbocycles. The van der Waals surface area contributed by atoms with E-state index in [9.17, 15) is 4.39 Å². The molecule has 0 aliphatic carbocycles. The second-order valence-corrected chi connectivity index (χ2v) is 5.76. The Morgan fingerprint density at radius 2 is 2.08 bits per heavy atom. The highest BCUT2D eigenvalue weighted by Crippen LogP contribution is 2.23. The first-order chi connectivity index (χ1) is 12.0. The second kappa shape index (κ2) is 7.36. The van der Waals surface area contributed by atoms with Crippen LogP contribution in [0.2, 0.25) is 5.02 Å². The summed E-state index contributed by atoms with van der Waals surface area (Å²) in [5.41, 5.74) is 7.57. The molecular formula is C18H16ClFN4O. The number of ether oxygens (including phenoxy) is 1. The number of imidazole rings is 1. The molecule has 1 aromatic heterocycles. The number of halogens is 2. The average Bonchev–Trinajstić information content (AvgIpc) is 2.91. The molecule has 0 bridgehead atoms. The zero-order chi connectivity index (χ0) is 17.8. The summed E-state index contributed by atoms with van der Waals surface area (Å²) in [6, 6.07) is 11.8. The smallest absolute Gasteiger partial charge is 0.221 e. The number of hydrogen-bond acceptors (Lipinski definition) is 4. The van der Waals surface area contributed by atoms with Gasteiger partial charge in [0.05, 0.1) is 23.1 Å². The maximum atomic E-state index is 13.9. The summed E-state index contributed by atoms with van der Waals surface area (Å²) in [4.78, 5) is 4.08. The minimum absolute atomic E-state index is 0.0166. The van der Waals surface area contributed by atoms with E-state index >= 15 is 0 Å². The van der Waals surface area contributed by atoms with Crippen molar-refractivity contribution in [3.05, 3.63) is 76.3 Å². The molecule has 128 valence electrons. The van der Waals surface area contributed by atoms with Gasteiger partial charge < -0.3 is 10.5 Å². The van der Waals surface area contributed by atoms with Crippen molar-refractivity contribution in [2.75, 3.05) is 5.73 Å². The number of anilines is 1. The predicted molar refractivity (Wildman–Crippen MR) is 96.6 cm³/mol. The zero-order valence-electron chi connectivity index (χ0n) is 13.5. The van der Waals surface area contributed by atoms with E-state index in [0.717, 1.165) is 11.3 Å². The Balaban J connectivity index is 1.80. The van der Waals surface area contributed by atoms with Crippen molar-refractivity contribution in [1.29, 1.82) is 0 Å². The molecule has 3 aromatic rings. The topological polar surface area (TPSA) is 65.4 Å². The van der Waals surface area contributed by atoms with Crippen LogP contribution in [-0.2, 0) is 6.61 Å². The number of nitrogen functional groups attached to an aromatic ring is 1. The summed E-state index contributed by atoms with van der Waals surface area (Å²) in [5.74, 6) is 0.451. The van der Waals surface area contributed by atoms with Crippen LogP contribution in [0.15, 0.2) is 53.8 Å². The van der Waals surface area contributed by atoms with E-state index in [2.05, 4.69) is 10.1 Å². The van der Waals surface area contributed by atoms with Gasteiger partial charge in [-0.25, -0.2) is 14.1 Å². The highest BCUT2D eigenvalue weighted by Gasteiger charge is 2.09. The maximum Gasteiger partial charge on any atom is 0.221 e. The summed E-state index contributed by atoms with van der Waals surface area (Å²) >= 11 is 6.03. The monoisotopic (exact) mass is 358 g/mol. The number of aromatic nitrogens is 2. The van der Waals surface area contributed by atoms with Crippen LogP contribution in [0.3, 0.4) is 0 Å². The number of nitrogens with two attached hydrogens (primary N) is 1. The standard InChI is InChI=1S/C18H16ClFN4O/c1-12-10-24(18(21)23-12)22-9-13-5-2-3-8-17(13)25-11-14-15(19)6-4-7-16(14)20/h2-10H,11H2,1H3,(H2,21,23). The highest BCUT2D eigenvalue weighted by atomic mass is 35.5. The minimum atomic E-state index is -0.402. The van der Waals surface area contributed by atoms with Crippen LogP contribution in [0.5, 0.6) is 5.75 Å². The molecule has 0 aliphatic heterocycles. The minimum Gasteiger partial charge on any atom is -0.488 e. The van der Waals surface area contributed by atoms with Gasteiger partial charge in [-0.2, -0.15) is 5.10 Å². The molecule has 0 unspecified atom stereocenters. The van der Waals surface area contributed by atoms with Crippen LogP contribution in [0.4, 0.5) is 10.3 Å². The lowest BCUT2D eigenvalue weighted by atomic mass is 10.2. The van der Waals surface area contributed by atoms with Crippen LogP contribution >= 0.6 is 11.6 Å². The largest absolute Gasteiger partial charge is 0.488 e. The Bertz CT molecular complexity index is 903.